The molecule has 2 atom stereocenters. The maximum atomic E-state index is 12.5. The Balaban J connectivity index is 1.96. The van der Waals surface area contributed by atoms with E-state index in [2.05, 4.69) is 33.0 Å². The molecule has 0 saturated heterocycles. The number of ketones is 1. The fourth-order valence-electron chi connectivity index (χ4n) is 4.32. The minimum absolute atomic E-state index is 0.0422. The van der Waals surface area contributed by atoms with Crippen LogP contribution in [0.2, 0.25) is 0 Å². The molecule has 2 aliphatic carbocycles. The lowest BCUT2D eigenvalue weighted by Gasteiger charge is -2.50. The van der Waals surface area contributed by atoms with Gasteiger partial charge in [-0.05, 0) is 38.0 Å². The quantitative estimate of drug-likeness (QED) is 0.839. The topological polar surface area (TPSA) is 38.3 Å². The Morgan fingerprint density at radius 1 is 1.30 bits per heavy atom. The van der Waals surface area contributed by atoms with Gasteiger partial charge in [0, 0.05) is 37.3 Å². The van der Waals surface area contributed by atoms with Crippen LogP contribution in [0.1, 0.15) is 66.2 Å². The molecule has 3 nitrogen and oxygen atoms in total. The lowest BCUT2D eigenvalue weighted by molar-refractivity contribution is -0.129. The molecule has 0 aromatic rings. The van der Waals surface area contributed by atoms with E-state index in [4.69, 9.17) is 4.74 Å². The molecule has 3 aliphatic rings. The van der Waals surface area contributed by atoms with Crippen molar-refractivity contribution in [3.8, 4) is 0 Å². The molecule has 0 aromatic heterocycles. The number of Topliss-reactive ketones (excluding diaryl/α,β-unsaturated/α-hetero) is 1. The standard InChI is InChI=1S/C17H27NO2/c1-11(2)18-17-7-5-6-12(8-17)15-13(19)9-16(3,4)10-14(15)20-17/h11-12,18H,5-10H2,1-4H3/t12-,17-/m1/s1. The van der Waals surface area contributed by atoms with Gasteiger partial charge in [-0.3, -0.25) is 10.1 Å². The molecular weight excluding hydrogens is 250 g/mol. The van der Waals surface area contributed by atoms with Crippen LogP contribution in [0.15, 0.2) is 11.3 Å². The first kappa shape index (κ1) is 14.1. The van der Waals surface area contributed by atoms with Crippen LogP contribution in [0, 0.1) is 11.3 Å². The molecule has 20 heavy (non-hydrogen) atoms. The van der Waals surface area contributed by atoms with E-state index in [0.29, 0.717) is 24.2 Å². The van der Waals surface area contributed by atoms with Gasteiger partial charge >= 0.3 is 0 Å². The van der Waals surface area contributed by atoms with Gasteiger partial charge < -0.3 is 4.74 Å². The first-order chi connectivity index (χ1) is 9.30. The lowest BCUT2D eigenvalue weighted by atomic mass is 9.68. The zero-order valence-electron chi connectivity index (χ0n) is 13.2. The second kappa shape index (κ2) is 4.59. The Morgan fingerprint density at radius 3 is 2.75 bits per heavy atom. The van der Waals surface area contributed by atoms with E-state index >= 15 is 0 Å². The number of allylic oxidation sites excluding steroid dienone is 2. The maximum Gasteiger partial charge on any atom is 0.163 e. The van der Waals surface area contributed by atoms with Crippen LogP contribution in [-0.2, 0) is 9.53 Å². The van der Waals surface area contributed by atoms with Gasteiger partial charge in [-0.25, -0.2) is 0 Å². The van der Waals surface area contributed by atoms with Crippen molar-refractivity contribution in [3.63, 3.8) is 0 Å². The van der Waals surface area contributed by atoms with Crippen LogP contribution in [-0.4, -0.2) is 17.6 Å². The molecule has 1 heterocycles. The van der Waals surface area contributed by atoms with Gasteiger partial charge in [0.25, 0.3) is 0 Å². The second-order valence-electron chi connectivity index (χ2n) is 7.97. The Morgan fingerprint density at radius 2 is 2.05 bits per heavy atom. The number of fused-ring (bicyclic) bond motifs is 3. The molecule has 3 heteroatoms. The summed E-state index contributed by atoms with van der Waals surface area (Å²) in [6.45, 7) is 8.68. The summed E-state index contributed by atoms with van der Waals surface area (Å²) in [6.07, 6.45) is 5.92. The van der Waals surface area contributed by atoms with E-state index in [1.807, 2.05) is 0 Å². The Bertz CT molecular complexity index is 464. The monoisotopic (exact) mass is 277 g/mol. The van der Waals surface area contributed by atoms with E-state index < -0.39 is 0 Å². The second-order valence-corrected chi connectivity index (χ2v) is 7.97. The molecule has 0 amide bonds. The van der Waals surface area contributed by atoms with Gasteiger partial charge in [-0.15, -0.1) is 0 Å². The largest absolute Gasteiger partial charge is 0.477 e. The number of carbonyl (C=O) groups excluding carboxylic acids is 1. The normalized spacial score (nSPS) is 35.9. The first-order valence-electron chi connectivity index (χ1n) is 8.03. The van der Waals surface area contributed by atoms with E-state index in [1.165, 1.54) is 0 Å². The van der Waals surface area contributed by atoms with Crippen molar-refractivity contribution in [2.75, 3.05) is 0 Å². The zero-order chi connectivity index (χ0) is 14.5. The average molecular weight is 277 g/mol. The fraction of sp³-hybridized carbons (Fsp3) is 0.824. The molecular formula is C17H27NO2. The molecule has 112 valence electrons. The van der Waals surface area contributed by atoms with Crippen LogP contribution in [0.25, 0.3) is 0 Å². The maximum absolute atomic E-state index is 12.5. The van der Waals surface area contributed by atoms with Crippen molar-refractivity contribution in [2.45, 2.75) is 78.0 Å². The van der Waals surface area contributed by atoms with Crippen molar-refractivity contribution in [2.24, 2.45) is 11.3 Å². The minimum Gasteiger partial charge on any atom is -0.477 e. The van der Waals surface area contributed by atoms with Gasteiger partial charge in [0.05, 0.1) is 0 Å². The number of carbonyl (C=O) groups is 1. The summed E-state index contributed by atoms with van der Waals surface area (Å²) in [5.41, 5.74) is 0.856. The molecule has 2 bridgehead atoms. The van der Waals surface area contributed by atoms with Crippen LogP contribution in [0.3, 0.4) is 0 Å². The van der Waals surface area contributed by atoms with Crippen molar-refractivity contribution in [3.05, 3.63) is 11.3 Å². The Labute approximate surface area is 122 Å². The smallest absolute Gasteiger partial charge is 0.163 e. The highest BCUT2D eigenvalue weighted by Gasteiger charge is 2.49. The van der Waals surface area contributed by atoms with Gasteiger partial charge in [-0.2, -0.15) is 0 Å². The highest BCUT2D eigenvalue weighted by Crippen LogP contribution is 2.50. The number of hydrogen-bond donors (Lipinski definition) is 1. The molecule has 0 radical (unpaired) electrons. The Hall–Kier alpha value is -0.830. The first-order valence-corrected chi connectivity index (χ1v) is 8.03. The molecule has 0 aromatic carbocycles. The summed E-state index contributed by atoms with van der Waals surface area (Å²) >= 11 is 0. The molecule has 1 fully saturated rings. The zero-order valence-corrected chi connectivity index (χ0v) is 13.2. The summed E-state index contributed by atoms with van der Waals surface area (Å²) in [7, 11) is 0. The van der Waals surface area contributed by atoms with Crippen molar-refractivity contribution in [1.29, 1.82) is 0 Å². The molecule has 3 rings (SSSR count). The van der Waals surface area contributed by atoms with Gasteiger partial charge in [0.2, 0.25) is 0 Å². The minimum atomic E-state index is -0.219. The molecule has 1 N–H and O–H groups in total. The average Bonchev–Trinajstić information content (AvgIpc) is 2.23. The van der Waals surface area contributed by atoms with Crippen molar-refractivity contribution < 1.29 is 9.53 Å². The predicted molar refractivity (Wildman–Crippen MR) is 79.1 cm³/mol. The number of rotatable bonds is 2. The summed E-state index contributed by atoms with van der Waals surface area (Å²) in [5.74, 6) is 1.75. The van der Waals surface area contributed by atoms with E-state index in [1.54, 1.807) is 0 Å². The van der Waals surface area contributed by atoms with Crippen LogP contribution in [0.5, 0.6) is 0 Å². The third-order valence-electron chi connectivity index (χ3n) is 4.87. The predicted octanol–water partition coefficient (Wildman–Crippen LogP) is 3.54. The van der Waals surface area contributed by atoms with Crippen LogP contribution in [0.4, 0.5) is 0 Å². The van der Waals surface area contributed by atoms with E-state index in [0.717, 1.165) is 43.4 Å². The fourth-order valence-corrected chi connectivity index (χ4v) is 4.32. The summed E-state index contributed by atoms with van der Waals surface area (Å²) in [6, 6.07) is 0.406. The van der Waals surface area contributed by atoms with Crippen molar-refractivity contribution >= 4 is 5.78 Å². The summed E-state index contributed by atoms with van der Waals surface area (Å²) in [4.78, 5) is 12.5. The van der Waals surface area contributed by atoms with Crippen LogP contribution >= 0.6 is 0 Å². The highest BCUT2D eigenvalue weighted by atomic mass is 16.5. The molecule has 0 spiro atoms. The third-order valence-corrected chi connectivity index (χ3v) is 4.87. The van der Waals surface area contributed by atoms with Gasteiger partial charge in [-0.1, -0.05) is 13.8 Å². The Kier molecular flexibility index (Phi) is 3.24. The van der Waals surface area contributed by atoms with Crippen molar-refractivity contribution in [1.82, 2.24) is 5.32 Å². The lowest BCUT2D eigenvalue weighted by Crippen LogP contribution is -2.56. The number of hydrogen-bond acceptors (Lipinski definition) is 3. The molecule has 0 unspecified atom stereocenters. The molecule has 1 aliphatic heterocycles. The van der Waals surface area contributed by atoms with Gasteiger partial charge in [0.15, 0.2) is 11.5 Å². The van der Waals surface area contributed by atoms with Crippen LogP contribution < -0.4 is 5.32 Å². The highest BCUT2D eigenvalue weighted by molar-refractivity contribution is 5.97. The number of nitrogens with one attached hydrogen (secondary N) is 1. The van der Waals surface area contributed by atoms with E-state index in [9.17, 15) is 4.79 Å². The number of ether oxygens (including phenoxy) is 1. The summed E-state index contributed by atoms with van der Waals surface area (Å²) in [5, 5.41) is 3.63. The van der Waals surface area contributed by atoms with Gasteiger partial charge in [0.1, 0.15) is 5.76 Å². The summed E-state index contributed by atoms with van der Waals surface area (Å²) < 4.78 is 6.41. The van der Waals surface area contributed by atoms with E-state index in [-0.39, 0.29) is 11.1 Å². The molecule has 1 saturated carbocycles. The SMILES string of the molecule is CC(C)N[C@@]12CCC[C@H](C1)C1=C(CC(C)(C)CC1=O)O2. The third kappa shape index (κ3) is 2.41.